The minimum Gasteiger partial charge on any atom is -0.462 e. The van der Waals surface area contributed by atoms with Crippen molar-refractivity contribution in [1.82, 2.24) is 4.98 Å². The summed E-state index contributed by atoms with van der Waals surface area (Å²) in [6, 6.07) is 11.7. The van der Waals surface area contributed by atoms with E-state index in [0.29, 0.717) is 16.3 Å². The zero-order valence-electron chi connectivity index (χ0n) is 13.5. The molecule has 0 N–H and O–H groups in total. The number of nitrogens with zero attached hydrogens (tertiary/aromatic N) is 2. The van der Waals surface area contributed by atoms with Gasteiger partial charge >= 0.3 is 5.97 Å². The van der Waals surface area contributed by atoms with Crippen molar-refractivity contribution in [2.24, 2.45) is 0 Å². The average molecular weight is 356 g/mol. The van der Waals surface area contributed by atoms with Gasteiger partial charge in [-0.3, -0.25) is 9.59 Å². The molecule has 0 radical (unpaired) electrons. The van der Waals surface area contributed by atoms with Gasteiger partial charge in [0.2, 0.25) is 11.8 Å². The fourth-order valence-electron chi connectivity index (χ4n) is 2.49. The zero-order chi connectivity index (χ0) is 17.8. The number of ether oxygens (including phenoxy) is 1. The Morgan fingerprint density at radius 3 is 2.64 bits per heavy atom. The molecule has 0 bridgehead atoms. The fraction of sp³-hybridized carbons (Fsp3) is 0.222. The van der Waals surface area contributed by atoms with E-state index in [1.807, 2.05) is 6.07 Å². The van der Waals surface area contributed by atoms with Crippen LogP contribution in [-0.4, -0.2) is 34.6 Å². The third kappa shape index (κ3) is 3.71. The van der Waals surface area contributed by atoms with Crippen LogP contribution in [0, 0.1) is 0 Å². The molecule has 0 saturated carbocycles. The summed E-state index contributed by atoms with van der Waals surface area (Å²) in [5.41, 5.74) is 0.830. The monoisotopic (exact) mass is 356 g/mol. The van der Waals surface area contributed by atoms with Gasteiger partial charge in [0.05, 0.1) is 28.1 Å². The number of aromatic nitrogens is 1. The van der Waals surface area contributed by atoms with Gasteiger partial charge in [0, 0.05) is 12.6 Å². The Hall–Kier alpha value is -2.67. The maximum absolute atomic E-state index is 12.6. The van der Waals surface area contributed by atoms with E-state index in [1.54, 1.807) is 49.5 Å². The van der Waals surface area contributed by atoms with Gasteiger partial charge in [-0.25, -0.2) is 14.7 Å². The first-order chi connectivity index (χ1) is 12.1. The molecular weight excluding hydrogens is 340 g/mol. The summed E-state index contributed by atoms with van der Waals surface area (Å²) in [6.07, 6.45) is 1.77. The van der Waals surface area contributed by atoms with E-state index in [1.165, 1.54) is 11.8 Å². The topological polar surface area (TPSA) is 76.6 Å². The molecule has 2 aromatic rings. The van der Waals surface area contributed by atoms with Crippen molar-refractivity contribution in [1.29, 1.82) is 0 Å². The largest absolute Gasteiger partial charge is 0.462 e. The van der Waals surface area contributed by atoms with E-state index in [4.69, 9.17) is 4.74 Å². The molecule has 2 heterocycles. The number of thioether (sulfide) groups is 1. The molecular formula is C18H16N2O4S. The third-order valence-corrected chi connectivity index (χ3v) is 4.78. The Morgan fingerprint density at radius 2 is 2.00 bits per heavy atom. The predicted octanol–water partition coefficient (Wildman–Crippen LogP) is 2.68. The lowest BCUT2D eigenvalue weighted by molar-refractivity contribution is -0.121. The van der Waals surface area contributed by atoms with E-state index in [0.717, 1.165) is 4.90 Å². The van der Waals surface area contributed by atoms with Crippen LogP contribution in [0.4, 0.5) is 5.69 Å². The molecule has 1 aromatic heterocycles. The van der Waals surface area contributed by atoms with Gasteiger partial charge in [-0.2, -0.15) is 0 Å². The summed E-state index contributed by atoms with van der Waals surface area (Å²) < 4.78 is 4.92. The standard InChI is InChI=1S/C18H16N2O4S/c1-2-24-18(23)12-6-8-13(9-7-12)20-16(21)11-14(17(20)22)25-15-5-3-4-10-19-15/h3-10,14H,2,11H2,1H3. The van der Waals surface area contributed by atoms with Crippen molar-refractivity contribution < 1.29 is 19.1 Å². The number of hydrogen-bond donors (Lipinski definition) is 0. The molecule has 0 spiro atoms. The molecule has 0 aliphatic carbocycles. The first kappa shape index (κ1) is 17.2. The van der Waals surface area contributed by atoms with Gasteiger partial charge in [-0.1, -0.05) is 17.8 Å². The fourth-order valence-corrected chi connectivity index (χ4v) is 3.49. The number of rotatable bonds is 5. The van der Waals surface area contributed by atoms with Crippen molar-refractivity contribution in [2.45, 2.75) is 23.6 Å². The van der Waals surface area contributed by atoms with E-state index < -0.39 is 11.2 Å². The second-order valence-electron chi connectivity index (χ2n) is 5.31. The number of esters is 1. The highest BCUT2D eigenvalue weighted by Gasteiger charge is 2.40. The average Bonchev–Trinajstić information content (AvgIpc) is 2.90. The van der Waals surface area contributed by atoms with Gasteiger partial charge in [-0.05, 0) is 43.3 Å². The number of imide groups is 1. The molecule has 1 aliphatic heterocycles. The van der Waals surface area contributed by atoms with E-state index in [-0.39, 0.29) is 24.8 Å². The summed E-state index contributed by atoms with van der Waals surface area (Å²) in [5, 5.41) is 0.209. The molecule has 1 aromatic carbocycles. The van der Waals surface area contributed by atoms with Crippen LogP contribution in [0.3, 0.4) is 0 Å². The molecule has 3 rings (SSSR count). The van der Waals surface area contributed by atoms with Crippen LogP contribution < -0.4 is 4.90 Å². The molecule has 25 heavy (non-hydrogen) atoms. The molecule has 1 unspecified atom stereocenters. The third-order valence-electron chi connectivity index (χ3n) is 3.64. The second kappa shape index (κ2) is 7.48. The number of anilines is 1. The number of carbonyl (C=O) groups is 3. The Bertz CT molecular complexity index is 792. The minimum atomic E-state index is -0.493. The van der Waals surface area contributed by atoms with Gasteiger partial charge in [0.1, 0.15) is 0 Å². The van der Waals surface area contributed by atoms with E-state index in [2.05, 4.69) is 4.98 Å². The molecule has 1 fully saturated rings. The Morgan fingerprint density at radius 1 is 1.24 bits per heavy atom. The van der Waals surface area contributed by atoms with Crippen molar-refractivity contribution in [3.63, 3.8) is 0 Å². The van der Waals surface area contributed by atoms with Gasteiger partial charge in [-0.15, -0.1) is 0 Å². The zero-order valence-corrected chi connectivity index (χ0v) is 14.4. The van der Waals surface area contributed by atoms with Crippen LogP contribution in [-0.2, 0) is 14.3 Å². The van der Waals surface area contributed by atoms with Crippen molar-refractivity contribution >= 4 is 35.2 Å². The Balaban J connectivity index is 1.75. The highest BCUT2D eigenvalue weighted by Crippen LogP contribution is 2.33. The van der Waals surface area contributed by atoms with Crippen molar-refractivity contribution in [3.05, 3.63) is 54.2 Å². The molecule has 1 atom stereocenters. The number of pyridine rings is 1. The Kier molecular flexibility index (Phi) is 5.14. The normalized spacial score (nSPS) is 17.0. The van der Waals surface area contributed by atoms with E-state index >= 15 is 0 Å². The molecule has 128 valence electrons. The predicted molar refractivity (Wildman–Crippen MR) is 93.4 cm³/mol. The molecule has 6 nitrogen and oxygen atoms in total. The smallest absolute Gasteiger partial charge is 0.338 e. The van der Waals surface area contributed by atoms with Crippen LogP contribution in [0.15, 0.2) is 53.7 Å². The number of benzene rings is 1. The molecule has 2 amide bonds. The summed E-state index contributed by atoms with van der Waals surface area (Å²) in [5.74, 6) is -0.969. The van der Waals surface area contributed by atoms with Crippen LogP contribution in [0.5, 0.6) is 0 Å². The highest BCUT2D eigenvalue weighted by atomic mass is 32.2. The lowest BCUT2D eigenvalue weighted by Gasteiger charge is -2.15. The Labute approximate surface area is 149 Å². The lowest BCUT2D eigenvalue weighted by Crippen LogP contribution is -2.31. The van der Waals surface area contributed by atoms with Crippen molar-refractivity contribution in [3.8, 4) is 0 Å². The minimum absolute atomic E-state index is 0.125. The summed E-state index contributed by atoms with van der Waals surface area (Å²) >= 11 is 1.28. The number of hydrogen-bond acceptors (Lipinski definition) is 6. The van der Waals surface area contributed by atoms with Crippen molar-refractivity contribution in [2.75, 3.05) is 11.5 Å². The van der Waals surface area contributed by atoms with Gasteiger partial charge in [0.25, 0.3) is 0 Å². The first-order valence-corrected chi connectivity index (χ1v) is 8.69. The SMILES string of the molecule is CCOC(=O)c1ccc(N2C(=O)CC(Sc3ccccn3)C2=O)cc1. The highest BCUT2D eigenvalue weighted by molar-refractivity contribution is 8.00. The number of amides is 2. The van der Waals surface area contributed by atoms with E-state index in [9.17, 15) is 14.4 Å². The maximum Gasteiger partial charge on any atom is 0.338 e. The quantitative estimate of drug-likeness (QED) is 0.606. The van der Waals surface area contributed by atoms with Crippen LogP contribution in [0.1, 0.15) is 23.7 Å². The van der Waals surface area contributed by atoms with Crippen LogP contribution >= 0.6 is 11.8 Å². The van der Waals surface area contributed by atoms with Crippen LogP contribution in [0.25, 0.3) is 0 Å². The van der Waals surface area contributed by atoms with Crippen LogP contribution in [0.2, 0.25) is 0 Å². The number of carbonyl (C=O) groups excluding carboxylic acids is 3. The molecule has 7 heteroatoms. The molecule has 1 saturated heterocycles. The summed E-state index contributed by atoms with van der Waals surface area (Å²) in [6.45, 7) is 2.02. The van der Waals surface area contributed by atoms with Gasteiger partial charge in [0.15, 0.2) is 0 Å². The molecule has 1 aliphatic rings. The first-order valence-electron chi connectivity index (χ1n) is 7.82. The maximum atomic E-state index is 12.6. The summed E-state index contributed by atoms with van der Waals surface area (Å²) in [7, 11) is 0. The van der Waals surface area contributed by atoms with Gasteiger partial charge < -0.3 is 4.74 Å². The summed E-state index contributed by atoms with van der Waals surface area (Å²) in [4.78, 5) is 41.9. The lowest BCUT2D eigenvalue weighted by atomic mass is 10.2. The second-order valence-corrected chi connectivity index (χ2v) is 6.54.